The highest BCUT2D eigenvalue weighted by molar-refractivity contribution is 5.65. The zero-order valence-corrected chi connectivity index (χ0v) is 19.5. The average molecular weight is 459 g/mol. The zero-order valence-electron chi connectivity index (χ0n) is 19.5. The van der Waals surface area contributed by atoms with Crippen LogP contribution in [0.15, 0.2) is 48.3 Å². The van der Waals surface area contributed by atoms with Crippen molar-refractivity contribution in [3.63, 3.8) is 0 Å². The Bertz CT molecular complexity index is 962. The fourth-order valence-corrected chi connectivity index (χ4v) is 5.20. The molecule has 0 radical (unpaired) electrons. The van der Waals surface area contributed by atoms with Gasteiger partial charge in [-0.1, -0.05) is 37.6 Å². The van der Waals surface area contributed by atoms with Crippen molar-refractivity contribution in [3.05, 3.63) is 65.5 Å². The van der Waals surface area contributed by atoms with E-state index in [1.165, 1.54) is 7.11 Å². The van der Waals surface area contributed by atoms with Gasteiger partial charge in [-0.3, -0.25) is 0 Å². The molecule has 0 aliphatic heterocycles. The highest BCUT2D eigenvalue weighted by Crippen LogP contribution is 2.40. The monoisotopic (exact) mass is 458 g/mol. The van der Waals surface area contributed by atoms with Crippen LogP contribution in [0.3, 0.4) is 0 Å². The molecule has 5 heteroatoms. The third-order valence-corrected chi connectivity index (χ3v) is 7.39. The molecule has 2 atom stereocenters. The largest absolute Gasteiger partial charge is 0.493 e. The van der Waals surface area contributed by atoms with Gasteiger partial charge in [0.1, 0.15) is 17.7 Å². The van der Waals surface area contributed by atoms with Gasteiger partial charge < -0.3 is 9.47 Å². The summed E-state index contributed by atoms with van der Waals surface area (Å²) in [5, 5.41) is 0. The molecule has 0 heterocycles. The summed E-state index contributed by atoms with van der Waals surface area (Å²) in [5.41, 5.74) is 1.37. The van der Waals surface area contributed by atoms with Gasteiger partial charge in [-0.15, -0.1) is 0 Å². The molecule has 0 N–H and O–H groups in total. The lowest BCUT2D eigenvalue weighted by molar-refractivity contribution is 0.0874. The maximum absolute atomic E-state index is 15.0. The molecule has 2 aliphatic rings. The van der Waals surface area contributed by atoms with Gasteiger partial charge in [0, 0.05) is 18.6 Å². The Morgan fingerprint density at radius 2 is 1.58 bits per heavy atom. The molecular formula is C28H33F3O2. The highest BCUT2D eigenvalue weighted by atomic mass is 19.2. The molecule has 4 rings (SSSR count). The van der Waals surface area contributed by atoms with E-state index in [2.05, 4.69) is 6.92 Å². The fourth-order valence-electron chi connectivity index (χ4n) is 5.20. The quantitative estimate of drug-likeness (QED) is 0.419. The first-order chi connectivity index (χ1) is 16.0. The molecule has 178 valence electrons. The van der Waals surface area contributed by atoms with Crippen LogP contribution in [-0.2, 0) is 4.74 Å². The lowest BCUT2D eigenvalue weighted by Crippen LogP contribution is -2.22. The molecule has 0 saturated heterocycles. The Balaban J connectivity index is 1.40. The molecule has 2 unspecified atom stereocenters. The van der Waals surface area contributed by atoms with Crippen LogP contribution in [0.5, 0.6) is 5.75 Å². The Hall–Kier alpha value is -2.27. The Morgan fingerprint density at radius 1 is 0.848 bits per heavy atom. The Morgan fingerprint density at radius 3 is 2.21 bits per heavy atom. The van der Waals surface area contributed by atoms with Crippen molar-refractivity contribution in [1.82, 2.24) is 0 Å². The van der Waals surface area contributed by atoms with Gasteiger partial charge in [-0.2, -0.15) is 0 Å². The van der Waals surface area contributed by atoms with Gasteiger partial charge in [0.25, 0.3) is 0 Å². The first kappa shape index (κ1) is 23.9. The van der Waals surface area contributed by atoms with Crippen molar-refractivity contribution < 1.29 is 22.6 Å². The number of ether oxygens (including phenoxy) is 2. The fraction of sp³-hybridized carbons (Fsp3) is 0.500. The smallest absolute Gasteiger partial charge is 0.166 e. The van der Waals surface area contributed by atoms with Crippen LogP contribution in [0.2, 0.25) is 0 Å². The summed E-state index contributed by atoms with van der Waals surface area (Å²) in [5.74, 6) is -0.321. The van der Waals surface area contributed by atoms with E-state index in [1.807, 2.05) is 0 Å². The number of methoxy groups -OCH3 is 1. The summed E-state index contributed by atoms with van der Waals surface area (Å²) in [7, 11) is 1.51. The molecule has 2 aromatic carbocycles. The number of rotatable bonds is 7. The van der Waals surface area contributed by atoms with E-state index in [1.54, 1.807) is 42.5 Å². The van der Waals surface area contributed by atoms with Gasteiger partial charge in [0.2, 0.25) is 0 Å². The summed E-state index contributed by atoms with van der Waals surface area (Å²) < 4.78 is 54.8. The molecule has 0 amide bonds. The third kappa shape index (κ3) is 5.46. The van der Waals surface area contributed by atoms with Crippen LogP contribution < -0.4 is 4.74 Å². The average Bonchev–Trinajstić information content (AvgIpc) is 2.85. The predicted molar refractivity (Wildman–Crippen MR) is 125 cm³/mol. The molecule has 2 aliphatic carbocycles. The summed E-state index contributed by atoms with van der Waals surface area (Å²) in [6.07, 6.45) is 7.72. The minimum atomic E-state index is -0.783. The SMILES string of the molecule is CCC1CCC(c2ccc(-c3ccc(OCC4C=C(F)C(OC)CC4)cc3)c(F)c2F)CC1. The van der Waals surface area contributed by atoms with Crippen LogP contribution in [-0.4, -0.2) is 19.8 Å². The Kier molecular flexibility index (Phi) is 7.79. The minimum Gasteiger partial charge on any atom is -0.493 e. The van der Waals surface area contributed by atoms with E-state index in [9.17, 15) is 13.2 Å². The number of hydrogen-bond donors (Lipinski definition) is 0. The topological polar surface area (TPSA) is 18.5 Å². The lowest BCUT2D eigenvalue weighted by Gasteiger charge is -2.28. The van der Waals surface area contributed by atoms with Crippen molar-refractivity contribution in [2.45, 2.75) is 63.9 Å². The molecule has 1 fully saturated rings. The summed E-state index contributed by atoms with van der Waals surface area (Å²) >= 11 is 0. The zero-order chi connectivity index (χ0) is 23.4. The van der Waals surface area contributed by atoms with Crippen molar-refractivity contribution in [2.24, 2.45) is 11.8 Å². The van der Waals surface area contributed by atoms with Crippen LogP contribution in [0.4, 0.5) is 13.2 Å². The normalized spacial score (nSPS) is 25.5. The van der Waals surface area contributed by atoms with Crippen molar-refractivity contribution >= 4 is 0 Å². The third-order valence-electron chi connectivity index (χ3n) is 7.39. The van der Waals surface area contributed by atoms with Crippen molar-refractivity contribution in [2.75, 3.05) is 13.7 Å². The van der Waals surface area contributed by atoms with Crippen LogP contribution >= 0.6 is 0 Å². The van der Waals surface area contributed by atoms with Gasteiger partial charge in [-0.25, -0.2) is 13.2 Å². The van der Waals surface area contributed by atoms with E-state index in [-0.39, 0.29) is 23.2 Å². The molecule has 0 spiro atoms. The maximum atomic E-state index is 15.0. The first-order valence-corrected chi connectivity index (χ1v) is 12.1. The second kappa shape index (κ2) is 10.8. The van der Waals surface area contributed by atoms with Gasteiger partial charge >= 0.3 is 0 Å². The first-order valence-electron chi connectivity index (χ1n) is 12.1. The van der Waals surface area contributed by atoms with Crippen LogP contribution in [0.1, 0.15) is 63.4 Å². The van der Waals surface area contributed by atoms with Crippen molar-refractivity contribution in [1.29, 1.82) is 0 Å². The van der Waals surface area contributed by atoms with Gasteiger partial charge in [0.05, 0.1) is 6.61 Å². The standard InChI is InChI=1S/C28H33F3O2/c1-3-18-4-7-20(8-5-18)23-13-14-24(28(31)27(23)30)21-9-11-22(12-10-21)33-17-19-6-15-26(32-2)25(29)16-19/h9-14,16,18-20,26H,3-8,15,17H2,1-2H3. The molecule has 2 aromatic rings. The molecule has 0 aromatic heterocycles. The van der Waals surface area contributed by atoms with E-state index in [4.69, 9.17) is 9.47 Å². The molecule has 0 bridgehead atoms. The van der Waals surface area contributed by atoms with Gasteiger partial charge in [0.15, 0.2) is 11.6 Å². The summed E-state index contributed by atoms with van der Waals surface area (Å²) in [4.78, 5) is 0. The van der Waals surface area contributed by atoms with E-state index in [0.717, 1.165) is 38.5 Å². The Labute approximate surface area is 194 Å². The number of benzene rings is 2. The molecule has 1 saturated carbocycles. The summed E-state index contributed by atoms with van der Waals surface area (Å²) in [6.45, 7) is 2.56. The van der Waals surface area contributed by atoms with Crippen molar-refractivity contribution in [3.8, 4) is 16.9 Å². The lowest BCUT2D eigenvalue weighted by atomic mass is 9.77. The van der Waals surface area contributed by atoms with Crippen LogP contribution in [0, 0.1) is 23.5 Å². The van der Waals surface area contributed by atoms with E-state index in [0.29, 0.717) is 35.8 Å². The highest BCUT2D eigenvalue weighted by Gasteiger charge is 2.26. The second-order valence-electron chi connectivity index (χ2n) is 9.40. The number of halogens is 3. The van der Waals surface area contributed by atoms with E-state index < -0.39 is 17.7 Å². The molecule has 2 nitrogen and oxygen atoms in total. The minimum absolute atomic E-state index is 0.0115. The number of hydrogen-bond acceptors (Lipinski definition) is 2. The summed E-state index contributed by atoms with van der Waals surface area (Å²) in [6, 6.07) is 10.4. The van der Waals surface area contributed by atoms with Crippen LogP contribution in [0.25, 0.3) is 11.1 Å². The molecule has 33 heavy (non-hydrogen) atoms. The predicted octanol–water partition coefficient (Wildman–Crippen LogP) is 7.97. The van der Waals surface area contributed by atoms with Gasteiger partial charge in [-0.05, 0) is 79.7 Å². The second-order valence-corrected chi connectivity index (χ2v) is 9.40. The maximum Gasteiger partial charge on any atom is 0.166 e. The van der Waals surface area contributed by atoms with E-state index >= 15 is 0 Å². The molecular weight excluding hydrogens is 425 g/mol.